The van der Waals surface area contributed by atoms with E-state index in [9.17, 15) is 0 Å². The molecule has 0 saturated carbocycles. The number of allylic oxidation sites excluding steroid dienone is 2. The molecule has 0 spiro atoms. The number of hydrogen-bond acceptors (Lipinski definition) is 1. The monoisotopic (exact) mass is 369 g/mol. The van der Waals surface area contributed by atoms with Gasteiger partial charge < -0.3 is 4.90 Å². The minimum atomic E-state index is 0.491. The Kier molecular flexibility index (Phi) is 6.34. The Labute approximate surface area is 142 Å². The molecule has 1 unspecified atom stereocenters. The second kappa shape index (κ2) is 7.80. The van der Waals surface area contributed by atoms with Gasteiger partial charge in [-0.2, -0.15) is 0 Å². The molecule has 1 atom stereocenters. The van der Waals surface area contributed by atoms with Crippen LogP contribution in [-0.2, 0) is 6.42 Å². The van der Waals surface area contributed by atoms with Crippen molar-refractivity contribution in [3.05, 3.63) is 44.9 Å². The maximum Gasteiger partial charge on any atom is 0.0420 e. The van der Waals surface area contributed by atoms with E-state index >= 15 is 0 Å². The van der Waals surface area contributed by atoms with E-state index in [2.05, 4.69) is 59.9 Å². The average Bonchev–Trinajstić information content (AvgIpc) is 2.46. The molecule has 0 N–H and O–H groups in total. The van der Waals surface area contributed by atoms with Crippen molar-refractivity contribution in [3.8, 4) is 0 Å². The molecule has 1 aliphatic heterocycles. The van der Waals surface area contributed by atoms with E-state index in [1.54, 1.807) is 0 Å². The molecule has 1 aromatic rings. The summed E-state index contributed by atoms with van der Waals surface area (Å²) in [5, 5.41) is 0.824. The lowest BCUT2D eigenvalue weighted by atomic mass is 9.78. The summed E-state index contributed by atoms with van der Waals surface area (Å²) in [6.07, 6.45) is 8.13. The summed E-state index contributed by atoms with van der Waals surface area (Å²) >= 11 is 9.99. The maximum absolute atomic E-state index is 6.23. The zero-order valence-electron chi connectivity index (χ0n) is 13.2. The standard InChI is InChI=1S/C18H25BrClN/c1-4-6-16(14-7-9-21(3)10-8-14)18-13(5-2)11-15(20)12-17(18)19/h4,6,11-12,14,16H,5,7-10H2,1-3H3/b6-4+. The van der Waals surface area contributed by atoms with Crippen molar-refractivity contribution in [2.24, 2.45) is 5.92 Å². The van der Waals surface area contributed by atoms with E-state index in [4.69, 9.17) is 11.6 Å². The largest absolute Gasteiger partial charge is 0.306 e. The molecule has 2 rings (SSSR count). The Morgan fingerprint density at radius 3 is 2.62 bits per heavy atom. The molecule has 1 aromatic carbocycles. The summed E-state index contributed by atoms with van der Waals surface area (Å²) in [6.45, 7) is 6.73. The number of aryl methyl sites for hydroxylation is 1. The van der Waals surface area contributed by atoms with Gasteiger partial charge in [0.2, 0.25) is 0 Å². The molecule has 0 radical (unpaired) electrons. The Hall–Kier alpha value is -0.310. The lowest BCUT2D eigenvalue weighted by Crippen LogP contribution is -2.32. The minimum absolute atomic E-state index is 0.491. The van der Waals surface area contributed by atoms with Crippen LogP contribution in [0.1, 0.15) is 43.7 Å². The highest BCUT2D eigenvalue weighted by Crippen LogP contribution is 2.40. The third-order valence-electron chi connectivity index (χ3n) is 4.57. The van der Waals surface area contributed by atoms with Gasteiger partial charge in [-0.05, 0) is 75.5 Å². The highest BCUT2D eigenvalue weighted by molar-refractivity contribution is 9.10. The predicted molar refractivity (Wildman–Crippen MR) is 96.3 cm³/mol. The second-order valence-electron chi connectivity index (χ2n) is 6.01. The summed E-state index contributed by atoms with van der Waals surface area (Å²) in [5.41, 5.74) is 2.81. The number of halogens is 2. The number of benzene rings is 1. The van der Waals surface area contributed by atoms with E-state index in [-0.39, 0.29) is 0 Å². The van der Waals surface area contributed by atoms with Crippen molar-refractivity contribution in [2.75, 3.05) is 20.1 Å². The molecule has 1 nitrogen and oxygen atoms in total. The molecule has 1 fully saturated rings. The molecule has 1 saturated heterocycles. The van der Waals surface area contributed by atoms with Crippen LogP contribution in [0.2, 0.25) is 5.02 Å². The van der Waals surface area contributed by atoms with E-state index in [0.29, 0.717) is 5.92 Å². The maximum atomic E-state index is 6.23. The van der Waals surface area contributed by atoms with Crippen LogP contribution < -0.4 is 0 Å². The van der Waals surface area contributed by atoms with Crippen LogP contribution in [0, 0.1) is 5.92 Å². The zero-order chi connectivity index (χ0) is 15.4. The fraction of sp³-hybridized carbons (Fsp3) is 0.556. The van der Waals surface area contributed by atoms with E-state index in [0.717, 1.165) is 21.8 Å². The van der Waals surface area contributed by atoms with Gasteiger partial charge in [0.05, 0.1) is 0 Å². The summed E-state index contributed by atoms with van der Waals surface area (Å²) in [6, 6.07) is 4.18. The van der Waals surface area contributed by atoms with Crippen LogP contribution in [0.5, 0.6) is 0 Å². The molecular weight excluding hydrogens is 346 g/mol. The normalized spacial score (nSPS) is 19.3. The van der Waals surface area contributed by atoms with Crippen LogP contribution in [0.3, 0.4) is 0 Å². The van der Waals surface area contributed by atoms with Crippen LogP contribution in [0.25, 0.3) is 0 Å². The molecule has 0 aromatic heterocycles. The summed E-state index contributed by atoms with van der Waals surface area (Å²) < 4.78 is 1.16. The van der Waals surface area contributed by atoms with Crippen LogP contribution in [0.15, 0.2) is 28.8 Å². The first-order valence-corrected chi connectivity index (χ1v) is 9.03. The third-order valence-corrected chi connectivity index (χ3v) is 5.44. The van der Waals surface area contributed by atoms with Gasteiger partial charge in [0.25, 0.3) is 0 Å². The van der Waals surface area contributed by atoms with Gasteiger partial charge in [0, 0.05) is 15.4 Å². The van der Waals surface area contributed by atoms with Crippen molar-refractivity contribution in [1.29, 1.82) is 0 Å². The van der Waals surface area contributed by atoms with Gasteiger partial charge in [-0.1, -0.05) is 46.6 Å². The molecule has 1 heterocycles. The van der Waals surface area contributed by atoms with Crippen LogP contribution in [0.4, 0.5) is 0 Å². The fourth-order valence-electron chi connectivity index (χ4n) is 3.39. The van der Waals surface area contributed by atoms with Gasteiger partial charge in [-0.3, -0.25) is 0 Å². The lowest BCUT2D eigenvalue weighted by Gasteiger charge is -2.34. The van der Waals surface area contributed by atoms with Gasteiger partial charge in [-0.15, -0.1) is 0 Å². The summed E-state index contributed by atoms with van der Waals surface area (Å²) in [7, 11) is 2.22. The molecule has 3 heteroatoms. The molecule has 21 heavy (non-hydrogen) atoms. The third kappa shape index (κ3) is 4.12. The van der Waals surface area contributed by atoms with Crippen molar-refractivity contribution >= 4 is 27.5 Å². The Balaban J connectivity index is 2.38. The molecule has 0 bridgehead atoms. The van der Waals surface area contributed by atoms with Gasteiger partial charge >= 0.3 is 0 Å². The first-order chi connectivity index (χ1) is 10.1. The van der Waals surface area contributed by atoms with E-state index in [1.165, 1.54) is 37.1 Å². The number of likely N-dealkylation sites (tertiary alicyclic amines) is 1. The summed E-state index contributed by atoms with van der Waals surface area (Å²) in [5.74, 6) is 1.21. The summed E-state index contributed by atoms with van der Waals surface area (Å²) in [4.78, 5) is 2.43. The van der Waals surface area contributed by atoms with Crippen LogP contribution in [-0.4, -0.2) is 25.0 Å². The quantitative estimate of drug-likeness (QED) is 0.617. The van der Waals surface area contributed by atoms with Gasteiger partial charge in [0.1, 0.15) is 0 Å². The van der Waals surface area contributed by atoms with Crippen LogP contribution >= 0.6 is 27.5 Å². The first-order valence-electron chi connectivity index (χ1n) is 7.86. The van der Waals surface area contributed by atoms with E-state index < -0.39 is 0 Å². The Bertz CT molecular complexity index is 504. The van der Waals surface area contributed by atoms with Crippen molar-refractivity contribution < 1.29 is 0 Å². The van der Waals surface area contributed by atoms with Crippen molar-refractivity contribution in [1.82, 2.24) is 4.90 Å². The molecule has 1 aliphatic rings. The number of nitrogens with zero attached hydrogens (tertiary/aromatic N) is 1. The minimum Gasteiger partial charge on any atom is -0.306 e. The van der Waals surface area contributed by atoms with Crippen molar-refractivity contribution in [3.63, 3.8) is 0 Å². The predicted octanol–water partition coefficient (Wildman–Crippen LogP) is 5.67. The average molecular weight is 371 g/mol. The smallest absolute Gasteiger partial charge is 0.0420 e. The molecular formula is C18H25BrClN. The highest BCUT2D eigenvalue weighted by atomic mass is 79.9. The Morgan fingerprint density at radius 2 is 2.05 bits per heavy atom. The van der Waals surface area contributed by atoms with Gasteiger partial charge in [-0.25, -0.2) is 0 Å². The SMILES string of the molecule is C/C=C/C(c1c(Br)cc(Cl)cc1CC)C1CCN(C)CC1. The van der Waals surface area contributed by atoms with Crippen molar-refractivity contribution in [2.45, 2.75) is 39.0 Å². The first kappa shape index (κ1) is 17.1. The van der Waals surface area contributed by atoms with E-state index in [1.807, 2.05) is 6.07 Å². The topological polar surface area (TPSA) is 3.24 Å². The lowest BCUT2D eigenvalue weighted by molar-refractivity contribution is 0.208. The second-order valence-corrected chi connectivity index (χ2v) is 7.30. The van der Waals surface area contributed by atoms with Gasteiger partial charge in [0.15, 0.2) is 0 Å². The number of rotatable bonds is 4. The fourth-order valence-corrected chi connectivity index (χ4v) is 4.53. The highest BCUT2D eigenvalue weighted by Gasteiger charge is 2.27. The molecule has 116 valence electrons. The zero-order valence-corrected chi connectivity index (χ0v) is 15.5. The Morgan fingerprint density at radius 1 is 1.38 bits per heavy atom. The number of hydrogen-bond donors (Lipinski definition) is 0. The number of piperidine rings is 1. The molecule has 0 aliphatic carbocycles. The molecule has 0 amide bonds.